The van der Waals surface area contributed by atoms with E-state index in [-0.39, 0.29) is 33.2 Å². The summed E-state index contributed by atoms with van der Waals surface area (Å²) in [6.07, 6.45) is 1.34. The van der Waals surface area contributed by atoms with Crippen molar-refractivity contribution in [2.75, 3.05) is 6.61 Å². The first-order valence-electron chi connectivity index (χ1n) is 5.87. The molecular weight excluding hydrogens is 355 g/mol. The second kappa shape index (κ2) is 7.40. The van der Waals surface area contributed by atoms with Crippen LogP contribution in [0.1, 0.15) is 10.6 Å². The smallest absolute Gasteiger partial charge is 0.305 e. The first kappa shape index (κ1) is 16.5. The van der Waals surface area contributed by atoms with E-state index in [1.807, 2.05) is 0 Å². The highest BCUT2D eigenvalue weighted by molar-refractivity contribution is 6.43. The predicted molar refractivity (Wildman–Crippen MR) is 81.3 cm³/mol. The monoisotopic (exact) mass is 362 g/mol. The van der Waals surface area contributed by atoms with Gasteiger partial charge in [-0.25, -0.2) is 0 Å². The molecule has 116 valence electrons. The third-order valence-electron chi connectivity index (χ3n) is 2.39. The van der Waals surface area contributed by atoms with Gasteiger partial charge in [0.2, 0.25) is 0 Å². The molecule has 0 aliphatic carbocycles. The molecule has 0 atom stereocenters. The van der Waals surface area contributed by atoms with E-state index < -0.39 is 11.8 Å². The average molecular weight is 364 g/mol. The minimum atomic E-state index is -0.595. The molecule has 0 saturated carbocycles. The third-order valence-corrected chi connectivity index (χ3v) is 3.41. The lowest BCUT2D eigenvalue weighted by Crippen LogP contribution is -2.43. The number of benzene rings is 1. The first-order valence-corrected chi connectivity index (χ1v) is 7.01. The molecule has 2 aromatic rings. The molecule has 0 aliphatic heterocycles. The van der Waals surface area contributed by atoms with Crippen LogP contribution in [0.25, 0.3) is 0 Å². The van der Waals surface area contributed by atoms with Gasteiger partial charge in [-0.1, -0.05) is 34.8 Å². The summed E-state index contributed by atoms with van der Waals surface area (Å²) in [4.78, 5) is 23.1. The zero-order chi connectivity index (χ0) is 16.1. The van der Waals surface area contributed by atoms with Crippen molar-refractivity contribution in [2.45, 2.75) is 0 Å². The van der Waals surface area contributed by atoms with Crippen molar-refractivity contribution >= 4 is 46.6 Å². The summed E-state index contributed by atoms with van der Waals surface area (Å²) in [5.74, 6) is -0.926. The Kier molecular flexibility index (Phi) is 5.54. The van der Waals surface area contributed by atoms with Gasteiger partial charge in [0.1, 0.15) is 5.75 Å². The number of hydrogen-bond acceptors (Lipinski definition) is 4. The molecule has 2 N–H and O–H groups in total. The molecule has 0 spiro atoms. The maximum absolute atomic E-state index is 11.6. The van der Waals surface area contributed by atoms with E-state index in [9.17, 15) is 9.59 Å². The van der Waals surface area contributed by atoms with Gasteiger partial charge in [0, 0.05) is 6.07 Å². The number of nitrogens with one attached hydrogen (secondary N) is 2. The van der Waals surface area contributed by atoms with E-state index >= 15 is 0 Å². The molecule has 6 nitrogen and oxygen atoms in total. The normalized spacial score (nSPS) is 10.1. The number of hydrogen-bond donors (Lipinski definition) is 2. The van der Waals surface area contributed by atoms with Crippen LogP contribution in [0.15, 0.2) is 34.9 Å². The molecule has 0 radical (unpaired) electrons. The van der Waals surface area contributed by atoms with Crippen molar-refractivity contribution in [1.82, 2.24) is 10.9 Å². The fraction of sp³-hybridized carbons (Fsp3) is 0.0769. The Balaban J connectivity index is 1.83. The van der Waals surface area contributed by atoms with Gasteiger partial charge in [-0.05, 0) is 18.2 Å². The van der Waals surface area contributed by atoms with Gasteiger partial charge in [0.25, 0.3) is 5.91 Å². The van der Waals surface area contributed by atoms with Gasteiger partial charge < -0.3 is 9.15 Å². The molecule has 1 aromatic carbocycles. The van der Waals surface area contributed by atoms with Crippen LogP contribution in [0.2, 0.25) is 15.1 Å². The Hall–Kier alpha value is -1.89. The SMILES string of the molecule is O=C(COc1cc(Cl)c(Cl)cc1Cl)NNC(=O)c1ccco1. The summed E-state index contributed by atoms with van der Waals surface area (Å²) in [6, 6.07) is 5.79. The quantitative estimate of drug-likeness (QED) is 0.646. The van der Waals surface area contributed by atoms with Gasteiger partial charge in [-0.15, -0.1) is 0 Å². The lowest BCUT2D eigenvalue weighted by Gasteiger charge is -2.10. The van der Waals surface area contributed by atoms with Crippen LogP contribution in [-0.4, -0.2) is 18.4 Å². The van der Waals surface area contributed by atoms with Crippen LogP contribution in [0.4, 0.5) is 0 Å². The van der Waals surface area contributed by atoms with Crippen molar-refractivity contribution in [1.29, 1.82) is 0 Å². The molecule has 0 aliphatic rings. The molecule has 0 unspecified atom stereocenters. The lowest BCUT2D eigenvalue weighted by atomic mass is 10.3. The number of halogens is 3. The Morgan fingerprint density at radius 3 is 2.50 bits per heavy atom. The number of carbonyl (C=O) groups excluding carboxylic acids is 2. The van der Waals surface area contributed by atoms with E-state index in [4.69, 9.17) is 44.0 Å². The summed E-state index contributed by atoms with van der Waals surface area (Å²) in [6.45, 7) is -0.379. The van der Waals surface area contributed by atoms with Gasteiger partial charge in [-0.3, -0.25) is 20.4 Å². The van der Waals surface area contributed by atoms with E-state index in [0.717, 1.165) is 0 Å². The maximum atomic E-state index is 11.6. The predicted octanol–water partition coefficient (Wildman–Crippen LogP) is 3.08. The fourth-order valence-electron chi connectivity index (χ4n) is 1.39. The standard InChI is InChI=1S/C13H9Cl3N2O4/c14-7-4-9(16)11(5-8(7)15)22-6-12(19)17-18-13(20)10-2-1-3-21-10/h1-5H,6H2,(H,17,19)(H,18,20). The zero-order valence-corrected chi connectivity index (χ0v) is 13.1. The highest BCUT2D eigenvalue weighted by atomic mass is 35.5. The van der Waals surface area contributed by atoms with Crippen molar-refractivity contribution in [3.05, 3.63) is 51.4 Å². The number of hydrazine groups is 1. The number of furan rings is 1. The third kappa shape index (κ3) is 4.30. The molecule has 2 rings (SSSR count). The van der Waals surface area contributed by atoms with E-state index in [1.54, 1.807) is 6.07 Å². The molecule has 0 bridgehead atoms. The summed E-state index contributed by atoms with van der Waals surface area (Å²) in [5, 5.41) is 0.726. The summed E-state index contributed by atoms with van der Waals surface area (Å²) in [7, 11) is 0. The second-order valence-electron chi connectivity index (χ2n) is 3.97. The van der Waals surface area contributed by atoms with Crippen LogP contribution in [0, 0.1) is 0 Å². The van der Waals surface area contributed by atoms with Crippen LogP contribution in [0.5, 0.6) is 5.75 Å². The molecular formula is C13H9Cl3N2O4. The number of carbonyl (C=O) groups is 2. The minimum Gasteiger partial charge on any atom is -0.482 e. The Morgan fingerprint density at radius 1 is 1.09 bits per heavy atom. The average Bonchev–Trinajstić information content (AvgIpc) is 3.01. The molecule has 1 heterocycles. The Morgan fingerprint density at radius 2 is 1.82 bits per heavy atom. The fourth-order valence-corrected chi connectivity index (χ4v) is 1.98. The van der Waals surface area contributed by atoms with E-state index in [0.29, 0.717) is 0 Å². The summed E-state index contributed by atoms with van der Waals surface area (Å²) < 4.78 is 10.1. The number of rotatable bonds is 4. The van der Waals surface area contributed by atoms with Crippen molar-refractivity contribution in [2.24, 2.45) is 0 Å². The van der Waals surface area contributed by atoms with Crippen molar-refractivity contribution in [3.8, 4) is 5.75 Å². The number of amides is 2. The maximum Gasteiger partial charge on any atom is 0.305 e. The molecule has 9 heteroatoms. The molecule has 2 amide bonds. The largest absolute Gasteiger partial charge is 0.482 e. The topological polar surface area (TPSA) is 80.6 Å². The minimum absolute atomic E-state index is 0.0637. The Bertz CT molecular complexity index is 689. The van der Waals surface area contributed by atoms with Crippen LogP contribution < -0.4 is 15.6 Å². The highest BCUT2D eigenvalue weighted by Crippen LogP contribution is 2.33. The molecule has 22 heavy (non-hydrogen) atoms. The summed E-state index contributed by atoms with van der Waals surface area (Å²) >= 11 is 17.5. The number of ether oxygens (including phenoxy) is 1. The van der Waals surface area contributed by atoms with Crippen LogP contribution >= 0.6 is 34.8 Å². The van der Waals surface area contributed by atoms with E-state index in [2.05, 4.69) is 10.9 Å². The second-order valence-corrected chi connectivity index (χ2v) is 5.19. The highest BCUT2D eigenvalue weighted by Gasteiger charge is 2.12. The molecule has 1 aromatic heterocycles. The van der Waals surface area contributed by atoms with Crippen LogP contribution in [0.3, 0.4) is 0 Å². The summed E-state index contributed by atoms with van der Waals surface area (Å²) in [5.41, 5.74) is 4.32. The Labute approximate surface area is 140 Å². The van der Waals surface area contributed by atoms with Gasteiger partial charge in [0.15, 0.2) is 12.4 Å². The van der Waals surface area contributed by atoms with Crippen molar-refractivity contribution < 1.29 is 18.7 Å². The molecule has 0 saturated heterocycles. The van der Waals surface area contributed by atoms with Gasteiger partial charge in [-0.2, -0.15) is 0 Å². The van der Waals surface area contributed by atoms with Gasteiger partial charge >= 0.3 is 5.91 Å². The first-order chi connectivity index (χ1) is 10.5. The molecule has 0 fully saturated rings. The lowest BCUT2D eigenvalue weighted by molar-refractivity contribution is -0.123. The zero-order valence-electron chi connectivity index (χ0n) is 10.9. The van der Waals surface area contributed by atoms with E-state index in [1.165, 1.54) is 24.5 Å². The van der Waals surface area contributed by atoms with Gasteiger partial charge in [0.05, 0.1) is 21.3 Å². The van der Waals surface area contributed by atoms with Crippen molar-refractivity contribution in [3.63, 3.8) is 0 Å². The van der Waals surface area contributed by atoms with Crippen LogP contribution in [-0.2, 0) is 4.79 Å².